The summed E-state index contributed by atoms with van der Waals surface area (Å²) in [5, 5.41) is 10.5. The Morgan fingerprint density at radius 1 is 1.35 bits per heavy atom. The molecule has 6 nitrogen and oxygen atoms in total. The Labute approximate surface area is 104 Å². The first-order chi connectivity index (χ1) is 8.09. The second-order valence-corrected chi connectivity index (χ2v) is 3.66. The van der Waals surface area contributed by atoms with Gasteiger partial charge in [-0.05, 0) is 11.9 Å². The van der Waals surface area contributed by atoms with Crippen LogP contribution in [-0.4, -0.2) is 27.3 Å². The minimum absolute atomic E-state index is 0.401. The molecule has 4 N–H and O–H groups in total. The zero-order chi connectivity index (χ0) is 13.0. The van der Waals surface area contributed by atoms with Crippen LogP contribution in [0.25, 0.3) is 5.82 Å². The number of nitrogens with zero attached hydrogens (tertiary/aromatic N) is 3. The molecule has 92 valence electrons. The first-order valence-electron chi connectivity index (χ1n) is 4.89. The number of nitrogens with two attached hydrogens (primary N) is 1. The number of rotatable bonds is 1. The average Bonchev–Trinajstić information content (AvgIpc) is 2.60. The third kappa shape index (κ3) is 2.72. The highest BCUT2D eigenvalue weighted by atomic mass is 35.5. The summed E-state index contributed by atoms with van der Waals surface area (Å²) in [7, 11) is 1.00. The lowest BCUT2D eigenvalue weighted by Gasteiger charge is -1.93. The predicted molar refractivity (Wildman–Crippen MR) is 65.0 cm³/mol. The first kappa shape index (κ1) is 13.4. The number of hydrogen-bond acceptors (Lipinski definition) is 4. The van der Waals surface area contributed by atoms with Gasteiger partial charge in [0.1, 0.15) is 5.15 Å². The molecule has 0 aliphatic rings. The Morgan fingerprint density at radius 3 is 2.47 bits per heavy atom. The molecule has 0 fully saturated rings. The predicted octanol–water partition coefficient (Wildman–Crippen LogP) is 0.542. The second-order valence-electron chi connectivity index (χ2n) is 3.27. The van der Waals surface area contributed by atoms with Crippen molar-refractivity contribution in [2.45, 2.75) is 13.8 Å². The highest BCUT2D eigenvalue weighted by molar-refractivity contribution is 6.29. The summed E-state index contributed by atoms with van der Waals surface area (Å²) in [5.74, 6) is 0.673. The summed E-state index contributed by atoms with van der Waals surface area (Å²) in [5.41, 5.74) is 8.39. The molecule has 7 heteroatoms. The van der Waals surface area contributed by atoms with Crippen LogP contribution in [0.2, 0.25) is 5.15 Å². The van der Waals surface area contributed by atoms with Crippen molar-refractivity contribution in [1.82, 2.24) is 15.1 Å². The largest absolute Gasteiger partial charge is 0.400 e. The molecule has 0 saturated heterocycles. The molecule has 0 aliphatic carbocycles. The van der Waals surface area contributed by atoms with Crippen molar-refractivity contribution < 1.29 is 9.79 Å². The van der Waals surface area contributed by atoms with Gasteiger partial charge in [-0.15, -0.1) is 4.68 Å². The van der Waals surface area contributed by atoms with Gasteiger partial charge in [0.05, 0.1) is 17.4 Å². The van der Waals surface area contributed by atoms with E-state index in [-0.39, 0.29) is 0 Å². The van der Waals surface area contributed by atoms with Crippen LogP contribution in [0.5, 0.6) is 0 Å². The van der Waals surface area contributed by atoms with Crippen LogP contribution in [0, 0.1) is 13.8 Å². The van der Waals surface area contributed by atoms with Crippen molar-refractivity contribution in [2.24, 2.45) is 0 Å². The molecule has 0 aliphatic heterocycles. The number of aromatic nitrogens is 4. The van der Waals surface area contributed by atoms with E-state index in [4.69, 9.17) is 22.4 Å². The maximum atomic E-state index is 7.00. The number of aromatic amines is 1. The van der Waals surface area contributed by atoms with Gasteiger partial charge in [-0.2, -0.15) is 0 Å². The van der Waals surface area contributed by atoms with Gasteiger partial charge < -0.3 is 10.8 Å². The zero-order valence-corrected chi connectivity index (χ0v) is 10.7. The van der Waals surface area contributed by atoms with Gasteiger partial charge in [-0.1, -0.05) is 11.6 Å². The molecule has 2 aromatic rings. The van der Waals surface area contributed by atoms with Crippen LogP contribution in [-0.2, 0) is 0 Å². The highest BCUT2D eigenvalue weighted by Crippen LogP contribution is 2.12. The van der Waals surface area contributed by atoms with Gasteiger partial charge in [0.2, 0.25) is 6.33 Å². The average molecular weight is 257 g/mol. The fourth-order valence-electron chi connectivity index (χ4n) is 1.38. The Bertz CT molecular complexity index is 511. The van der Waals surface area contributed by atoms with E-state index in [1.165, 1.54) is 6.33 Å². The summed E-state index contributed by atoms with van der Waals surface area (Å²) in [6, 6.07) is 1.67. The van der Waals surface area contributed by atoms with Crippen molar-refractivity contribution in [3.8, 4) is 5.82 Å². The topological polar surface area (TPSA) is 91.7 Å². The summed E-state index contributed by atoms with van der Waals surface area (Å²) >= 11 is 5.78. The molecule has 0 radical (unpaired) electrons. The first-order valence-corrected chi connectivity index (χ1v) is 5.26. The number of halogens is 1. The molecule has 0 saturated carbocycles. The van der Waals surface area contributed by atoms with Gasteiger partial charge in [-0.3, -0.25) is 0 Å². The molecule has 0 bridgehead atoms. The highest BCUT2D eigenvalue weighted by Gasteiger charge is 2.17. The van der Waals surface area contributed by atoms with Crippen LogP contribution in [0.4, 0.5) is 5.69 Å². The Morgan fingerprint density at radius 2 is 2.00 bits per heavy atom. The molecule has 0 aromatic carbocycles. The van der Waals surface area contributed by atoms with E-state index in [0.717, 1.165) is 24.2 Å². The summed E-state index contributed by atoms with van der Waals surface area (Å²) in [6.07, 6.45) is 1.41. The van der Waals surface area contributed by atoms with E-state index in [1.54, 1.807) is 10.7 Å². The number of aliphatic hydroxyl groups is 1. The molecule has 2 rings (SSSR count). The minimum Gasteiger partial charge on any atom is -0.400 e. The summed E-state index contributed by atoms with van der Waals surface area (Å²) < 4.78 is 1.78. The second kappa shape index (κ2) is 5.60. The molecule has 0 spiro atoms. The lowest BCUT2D eigenvalue weighted by molar-refractivity contribution is -0.665. The van der Waals surface area contributed by atoms with E-state index in [2.05, 4.69) is 15.1 Å². The monoisotopic (exact) mass is 256 g/mol. The molecular weight excluding hydrogens is 242 g/mol. The van der Waals surface area contributed by atoms with Crippen molar-refractivity contribution in [2.75, 3.05) is 12.8 Å². The van der Waals surface area contributed by atoms with Crippen LogP contribution >= 0.6 is 11.6 Å². The van der Waals surface area contributed by atoms with Crippen molar-refractivity contribution in [1.29, 1.82) is 0 Å². The number of H-pyrrole nitrogens is 1. The smallest absolute Gasteiger partial charge is 0.351 e. The number of aliphatic hydroxyl groups excluding tert-OH is 1. The summed E-state index contributed by atoms with van der Waals surface area (Å²) in [4.78, 5) is 7.93. The van der Waals surface area contributed by atoms with Crippen LogP contribution < -0.4 is 10.4 Å². The van der Waals surface area contributed by atoms with Gasteiger partial charge in [-0.25, -0.2) is 10.1 Å². The Kier molecular flexibility index (Phi) is 4.42. The quantitative estimate of drug-likeness (QED) is 0.513. The van der Waals surface area contributed by atoms with Crippen molar-refractivity contribution >= 4 is 17.3 Å². The number of nitrogen functional groups attached to an aromatic ring is 1. The van der Waals surface area contributed by atoms with E-state index in [9.17, 15) is 0 Å². The normalized spacial score (nSPS) is 9.71. The Hall–Kier alpha value is -1.66. The fraction of sp³-hybridized carbons (Fsp3) is 0.300. The molecule has 0 atom stereocenters. The molecule has 17 heavy (non-hydrogen) atoms. The van der Waals surface area contributed by atoms with Crippen LogP contribution in [0.1, 0.15) is 11.4 Å². The third-order valence-electron chi connectivity index (χ3n) is 2.26. The van der Waals surface area contributed by atoms with E-state index >= 15 is 0 Å². The summed E-state index contributed by atoms with van der Waals surface area (Å²) in [6.45, 7) is 3.82. The SMILES string of the molecule is CO.Cc1[nH][n+](-c2cc(Cl)ncn2)c(C)c1N. The third-order valence-corrected chi connectivity index (χ3v) is 2.46. The molecule has 0 amide bonds. The van der Waals surface area contributed by atoms with Crippen LogP contribution in [0.3, 0.4) is 0 Å². The van der Waals surface area contributed by atoms with Gasteiger partial charge >= 0.3 is 5.82 Å². The van der Waals surface area contributed by atoms with Crippen molar-refractivity contribution in [3.05, 3.63) is 28.9 Å². The number of hydrogen-bond donors (Lipinski definition) is 3. The van der Waals surface area contributed by atoms with Gasteiger partial charge in [0.25, 0.3) is 0 Å². The number of aryl methyl sites for hydroxylation is 1. The number of anilines is 1. The lowest BCUT2D eigenvalue weighted by Crippen LogP contribution is -2.36. The Balaban J connectivity index is 0.000000686. The van der Waals surface area contributed by atoms with Gasteiger partial charge in [0, 0.05) is 14.0 Å². The van der Waals surface area contributed by atoms with Crippen LogP contribution in [0.15, 0.2) is 12.4 Å². The fourth-order valence-corrected chi connectivity index (χ4v) is 1.52. The molecule has 2 heterocycles. The molecular formula is C10H15ClN5O+. The zero-order valence-electron chi connectivity index (χ0n) is 9.90. The standard InChI is InChI=1S/C9H10ClN5.CH4O/c1-5-9(11)6(2)15(14-5)8-3-7(10)12-4-13-8;1-2/h3-4H,11H2,1-2H3;2H,1H3/p+1. The van der Waals surface area contributed by atoms with E-state index in [0.29, 0.717) is 11.0 Å². The lowest BCUT2D eigenvalue weighted by atomic mass is 10.3. The van der Waals surface area contributed by atoms with Gasteiger partial charge in [0.15, 0.2) is 5.69 Å². The maximum absolute atomic E-state index is 7.00. The minimum atomic E-state index is 0.401. The molecule has 2 aromatic heterocycles. The van der Waals surface area contributed by atoms with Crippen molar-refractivity contribution in [3.63, 3.8) is 0 Å². The molecule has 0 unspecified atom stereocenters. The maximum Gasteiger partial charge on any atom is 0.351 e. The van der Waals surface area contributed by atoms with E-state index in [1.807, 2.05) is 13.8 Å². The van der Waals surface area contributed by atoms with E-state index < -0.39 is 0 Å². The number of nitrogens with one attached hydrogen (secondary N) is 1.